The third-order valence-electron chi connectivity index (χ3n) is 0. The van der Waals surface area contributed by atoms with Crippen LogP contribution in [0.25, 0.3) is 0 Å². The normalized spacial score (nSPS) is 4.50. The van der Waals surface area contributed by atoms with Crippen LogP contribution in [0.3, 0.4) is 0 Å². The Labute approximate surface area is 96.3 Å². The number of rotatable bonds is 0. The van der Waals surface area contributed by atoms with Gasteiger partial charge in [0.05, 0.1) is 0 Å². The van der Waals surface area contributed by atoms with Gasteiger partial charge in [-0.25, -0.2) is 0 Å². The van der Waals surface area contributed by atoms with Gasteiger partial charge < -0.3 is 17.9 Å². The van der Waals surface area contributed by atoms with E-state index in [2.05, 4.69) is 0 Å². The maximum absolute atomic E-state index is 7.17. The summed E-state index contributed by atoms with van der Waals surface area (Å²) in [5, 5.41) is 21.5. The minimum Gasteiger partial charge on any atom is -1.00 e. The molecule has 0 radical (unpaired) electrons. The van der Waals surface area contributed by atoms with Gasteiger partial charge in [0, 0.05) is 27.3 Å². The van der Waals surface area contributed by atoms with E-state index in [0.29, 0.717) is 0 Å². The molecule has 0 saturated heterocycles. The number of hydrogen-bond donors (Lipinski definition) is 3. The molecule has 0 aliphatic heterocycles. The molecule has 0 aliphatic carbocycles. The summed E-state index contributed by atoms with van der Waals surface area (Å²) in [5.74, 6) is 0. The Morgan fingerprint density at radius 1 is 1.17 bits per heavy atom. The molecule has 0 aromatic heterocycles. The Bertz CT molecular complexity index is 22.0. The van der Waals surface area contributed by atoms with Crippen molar-refractivity contribution in [2.75, 3.05) is 0 Å². The van der Waals surface area contributed by atoms with E-state index in [1.807, 2.05) is 0 Å². The monoisotopic (exact) mass is 266 g/mol. The Kier molecular flexibility index (Phi) is 27.2. The first-order valence-electron chi connectivity index (χ1n) is 0.775. The van der Waals surface area contributed by atoms with E-state index in [1.54, 1.807) is 0 Å². The van der Waals surface area contributed by atoms with Crippen molar-refractivity contribution in [2.24, 2.45) is 0 Å². The molecular formula is H5BCdO3Sr. The molecule has 0 fully saturated rings. The fourth-order valence-electron chi connectivity index (χ4n) is 0. The second-order valence-electron chi connectivity index (χ2n) is 0.346. The maximum Gasteiger partial charge on any atom is 2.00 e. The summed E-state index contributed by atoms with van der Waals surface area (Å²) in [6.45, 7) is 0. The maximum atomic E-state index is 7.17. The Balaban J connectivity index is -0.00000000750. The van der Waals surface area contributed by atoms with Crippen molar-refractivity contribution in [2.45, 2.75) is 0 Å². The average molecular weight is 264 g/mol. The van der Waals surface area contributed by atoms with E-state index in [1.165, 1.54) is 0 Å². The van der Waals surface area contributed by atoms with Crippen molar-refractivity contribution in [1.29, 1.82) is 0 Å². The molecule has 0 heterocycles. The minimum absolute atomic E-state index is 0. The topological polar surface area (TPSA) is 60.7 Å². The van der Waals surface area contributed by atoms with Gasteiger partial charge >= 0.3 is 52.8 Å². The molecule has 0 bridgehead atoms. The van der Waals surface area contributed by atoms with Crippen LogP contribution in [0.5, 0.6) is 0 Å². The predicted molar refractivity (Wildman–Crippen MR) is 20.4 cm³/mol. The van der Waals surface area contributed by atoms with Crippen LogP contribution in [0.1, 0.15) is 2.85 Å². The first-order valence-corrected chi connectivity index (χ1v) is 0.775. The van der Waals surface area contributed by atoms with Gasteiger partial charge in [0.15, 0.2) is 0 Å². The van der Waals surface area contributed by atoms with Crippen molar-refractivity contribution in [3.8, 4) is 0 Å². The quantitative estimate of drug-likeness (QED) is 0.435. The zero-order valence-corrected chi connectivity index (χ0v) is 10.8. The van der Waals surface area contributed by atoms with E-state index < -0.39 is 7.32 Å². The fraction of sp³-hybridized carbons (Fsp3) is 0. The molecule has 0 amide bonds. The van der Waals surface area contributed by atoms with E-state index in [4.69, 9.17) is 15.1 Å². The summed E-state index contributed by atoms with van der Waals surface area (Å²) in [7, 11) is -2.17. The zero-order valence-electron chi connectivity index (χ0n) is 5.33. The summed E-state index contributed by atoms with van der Waals surface area (Å²) in [6.07, 6.45) is 0. The van der Waals surface area contributed by atoms with Gasteiger partial charge in [-0.1, -0.05) is 0 Å². The molecular weight excluding hydrogens is 259 g/mol. The third-order valence-corrected chi connectivity index (χ3v) is 0. The molecule has 30 valence electrons. The predicted octanol–water partition coefficient (Wildman–Crippen LogP) is -2.21. The van der Waals surface area contributed by atoms with Crippen molar-refractivity contribution < 1.29 is 45.2 Å². The zero-order chi connectivity index (χ0) is 3.58. The smallest absolute Gasteiger partial charge is 1.00 e. The van der Waals surface area contributed by atoms with Gasteiger partial charge in [-0.3, -0.25) is 0 Å². The fourth-order valence-corrected chi connectivity index (χ4v) is 0. The van der Waals surface area contributed by atoms with Crippen molar-refractivity contribution in [1.82, 2.24) is 0 Å². The largest absolute Gasteiger partial charge is 2.00 e. The van der Waals surface area contributed by atoms with E-state index in [9.17, 15) is 0 Å². The molecule has 0 aromatic carbocycles. The molecule has 3 N–H and O–H groups in total. The molecule has 0 aliphatic rings. The first-order chi connectivity index (χ1) is 1.73. The van der Waals surface area contributed by atoms with Crippen LogP contribution in [0.15, 0.2) is 0 Å². The minimum atomic E-state index is -2.17. The van der Waals surface area contributed by atoms with Gasteiger partial charge in [-0.2, -0.15) is 0 Å². The molecule has 3 nitrogen and oxygen atoms in total. The SMILES string of the molecule is OB(O)O.[Cd].[H-].[H-].[Sr+2]. The van der Waals surface area contributed by atoms with Crippen LogP contribution < -0.4 is 0 Å². The Morgan fingerprint density at radius 2 is 1.17 bits per heavy atom. The van der Waals surface area contributed by atoms with Crippen molar-refractivity contribution >= 4 is 52.8 Å². The summed E-state index contributed by atoms with van der Waals surface area (Å²) < 4.78 is 0. The molecule has 0 spiro atoms. The van der Waals surface area contributed by atoms with Crippen LogP contribution in [0, 0.1) is 0 Å². The van der Waals surface area contributed by atoms with E-state index in [-0.39, 0.29) is 75.6 Å². The van der Waals surface area contributed by atoms with Gasteiger partial charge in [0.1, 0.15) is 0 Å². The summed E-state index contributed by atoms with van der Waals surface area (Å²) >= 11 is 0. The van der Waals surface area contributed by atoms with Gasteiger partial charge in [-0.15, -0.1) is 0 Å². The van der Waals surface area contributed by atoms with Crippen LogP contribution in [0.2, 0.25) is 0 Å². The second kappa shape index (κ2) is 10.4. The molecule has 0 saturated carbocycles. The molecule has 0 unspecified atom stereocenters. The van der Waals surface area contributed by atoms with Crippen LogP contribution in [-0.2, 0) is 27.3 Å². The van der Waals surface area contributed by atoms with Gasteiger partial charge in [-0.05, 0) is 0 Å². The average Bonchev–Trinajstić information content (AvgIpc) is 0.811. The van der Waals surface area contributed by atoms with Gasteiger partial charge in [0.2, 0.25) is 0 Å². The summed E-state index contributed by atoms with van der Waals surface area (Å²) in [5.41, 5.74) is 0. The van der Waals surface area contributed by atoms with Crippen LogP contribution >= 0.6 is 0 Å². The number of hydrogen-bond acceptors (Lipinski definition) is 3. The van der Waals surface area contributed by atoms with Gasteiger partial charge in [0.25, 0.3) is 0 Å². The first kappa shape index (κ1) is 15.8. The van der Waals surface area contributed by atoms with Crippen molar-refractivity contribution in [3.05, 3.63) is 0 Å². The van der Waals surface area contributed by atoms with Crippen LogP contribution in [0.4, 0.5) is 0 Å². The van der Waals surface area contributed by atoms with E-state index in [0.717, 1.165) is 0 Å². The molecule has 6 heteroatoms. The summed E-state index contributed by atoms with van der Waals surface area (Å²) in [6, 6.07) is 0. The molecule has 6 heavy (non-hydrogen) atoms. The van der Waals surface area contributed by atoms with Crippen LogP contribution in [-0.4, -0.2) is 67.9 Å². The molecule has 0 atom stereocenters. The Hall–Kier alpha value is 2.35. The summed E-state index contributed by atoms with van der Waals surface area (Å²) in [4.78, 5) is 0. The standard InChI is InChI=1S/BH3O3.Cd.Sr.2H/c2-1(3)4;;;;/h2-4H;;;;/q;;+2;2*-1. The van der Waals surface area contributed by atoms with E-state index >= 15 is 0 Å². The molecule has 0 aromatic rings. The Morgan fingerprint density at radius 3 is 1.17 bits per heavy atom. The van der Waals surface area contributed by atoms with Crippen molar-refractivity contribution in [3.63, 3.8) is 0 Å². The second-order valence-corrected chi connectivity index (χ2v) is 0.346. The molecule has 0 rings (SSSR count). The third kappa shape index (κ3) is 32.9.